The molecule has 10 heteroatoms. The first-order valence-electron chi connectivity index (χ1n) is 11.4. The van der Waals surface area contributed by atoms with Gasteiger partial charge in [0.1, 0.15) is 12.1 Å². The van der Waals surface area contributed by atoms with E-state index in [4.69, 9.17) is 5.73 Å². The van der Waals surface area contributed by atoms with Gasteiger partial charge in [-0.15, -0.1) is 0 Å². The molecule has 0 aliphatic rings. The molecule has 3 atom stereocenters. The third-order valence-electron chi connectivity index (χ3n) is 5.46. The number of carbonyl (C=O) groups excluding carboxylic acids is 3. The number of amides is 3. The zero-order valence-electron chi connectivity index (χ0n) is 20.1. The van der Waals surface area contributed by atoms with Crippen molar-refractivity contribution in [2.75, 3.05) is 6.54 Å². The monoisotopic (exact) mass is 473 g/mol. The van der Waals surface area contributed by atoms with E-state index < -0.39 is 41.8 Å². The van der Waals surface area contributed by atoms with Gasteiger partial charge in [-0.1, -0.05) is 45.9 Å². The number of carbonyl (C=O) groups is 4. The van der Waals surface area contributed by atoms with E-state index >= 15 is 0 Å². The summed E-state index contributed by atoms with van der Waals surface area (Å²) in [6, 6.07) is 4.83. The molecule has 0 radical (unpaired) electrons. The normalized spacial score (nSPS) is 14.0. The Kier molecular flexibility index (Phi) is 9.61. The number of benzene rings is 1. The van der Waals surface area contributed by atoms with Gasteiger partial charge in [0, 0.05) is 17.1 Å². The second kappa shape index (κ2) is 12.2. The molecule has 0 fully saturated rings. The molecule has 1 heterocycles. The molecule has 0 saturated carbocycles. The van der Waals surface area contributed by atoms with Gasteiger partial charge in [0.25, 0.3) is 0 Å². The van der Waals surface area contributed by atoms with E-state index in [1.165, 1.54) is 0 Å². The van der Waals surface area contributed by atoms with Crippen molar-refractivity contribution in [1.29, 1.82) is 0 Å². The fourth-order valence-electron chi connectivity index (χ4n) is 3.64. The topological polar surface area (TPSA) is 166 Å². The summed E-state index contributed by atoms with van der Waals surface area (Å²) in [5.74, 6) is -3.03. The van der Waals surface area contributed by atoms with Crippen LogP contribution in [0.2, 0.25) is 0 Å². The van der Waals surface area contributed by atoms with Gasteiger partial charge >= 0.3 is 5.97 Å². The predicted octanol–water partition coefficient (Wildman–Crippen LogP) is 0.910. The molecule has 2 aromatic rings. The van der Waals surface area contributed by atoms with Crippen molar-refractivity contribution in [3.8, 4) is 0 Å². The lowest BCUT2D eigenvalue weighted by Gasteiger charge is -2.24. The number of hydrogen-bond acceptors (Lipinski definition) is 5. The zero-order chi connectivity index (χ0) is 25.4. The number of hydrogen-bond donors (Lipinski definition) is 6. The van der Waals surface area contributed by atoms with Crippen molar-refractivity contribution in [1.82, 2.24) is 20.9 Å². The van der Waals surface area contributed by atoms with Crippen LogP contribution in [0.5, 0.6) is 0 Å². The predicted molar refractivity (Wildman–Crippen MR) is 129 cm³/mol. The molecule has 0 aliphatic carbocycles. The quantitative estimate of drug-likeness (QED) is 0.268. The number of H-pyrrole nitrogens is 1. The van der Waals surface area contributed by atoms with Gasteiger partial charge in [-0.3, -0.25) is 14.4 Å². The molecular formula is C24H35N5O5. The average molecular weight is 474 g/mol. The molecule has 0 spiro atoms. The summed E-state index contributed by atoms with van der Waals surface area (Å²) in [5.41, 5.74) is 7.88. The van der Waals surface area contributed by atoms with Crippen LogP contribution in [-0.4, -0.2) is 58.5 Å². The average Bonchev–Trinajstić information content (AvgIpc) is 3.17. The summed E-state index contributed by atoms with van der Waals surface area (Å²) in [4.78, 5) is 52.1. The minimum Gasteiger partial charge on any atom is -0.480 e. The fraction of sp³-hybridized carbons (Fsp3) is 0.500. The lowest BCUT2D eigenvalue weighted by atomic mass is 10.0. The zero-order valence-corrected chi connectivity index (χ0v) is 20.1. The first-order chi connectivity index (χ1) is 16.0. The molecule has 0 bridgehead atoms. The molecule has 3 amide bonds. The maximum atomic E-state index is 12.7. The van der Waals surface area contributed by atoms with E-state index in [-0.39, 0.29) is 18.4 Å². The van der Waals surface area contributed by atoms with Crippen LogP contribution < -0.4 is 21.7 Å². The van der Waals surface area contributed by atoms with Crippen molar-refractivity contribution in [2.24, 2.45) is 17.6 Å². The molecule has 3 unspecified atom stereocenters. The Bertz CT molecular complexity index is 1020. The number of carboxylic acids is 1. The highest BCUT2D eigenvalue weighted by Gasteiger charge is 2.29. The SMILES string of the molecule is CC(C)CC(NC(=O)CNC(=O)C(N)Cc1c[nH]c2ccccc12)C(=O)NC(C(=O)O)C(C)C. The molecule has 1 aromatic heterocycles. The number of nitrogens with one attached hydrogen (secondary N) is 4. The third kappa shape index (κ3) is 7.58. The number of aromatic nitrogens is 1. The Morgan fingerprint density at radius 3 is 2.32 bits per heavy atom. The van der Waals surface area contributed by atoms with Crippen LogP contribution in [0.1, 0.15) is 39.7 Å². The van der Waals surface area contributed by atoms with Crippen LogP contribution in [-0.2, 0) is 25.6 Å². The lowest BCUT2D eigenvalue weighted by Crippen LogP contribution is -2.55. The van der Waals surface area contributed by atoms with Crippen molar-refractivity contribution < 1.29 is 24.3 Å². The Hall–Kier alpha value is -3.40. The number of para-hydroxylation sites is 1. The van der Waals surface area contributed by atoms with E-state index in [0.29, 0.717) is 12.8 Å². The fourth-order valence-corrected chi connectivity index (χ4v) is 3.64. The lowest BCUT2D eigenvalue weighted by molar-refractivity contribution is -0.143. The van der Waals surface area contributed by atoms with Crippen LogP contribution in [0, 0.1) is 11.8 Å². The molecule has 10 nitrogen and oxygen atoms in total. The second-order valence-corrected chi connectivity index (χ2v) is 9.21. The highest BCUT2D eigenvalue weighted by Crippen LogP contribution is 2.18. The standard InChI is InChI=1S/C24H35N5O5/c1-13(2)9-19(23(32)29-21(14(3)4)24(33)34)28-20(30)12-27-22(31)17(25)10-15-11-26-18-8-6-5-7-16(15)18/h5-8,11,13-14,17,19,21,26H,9-10,12,25H2,1-4H3,(H,27,31)(H,28,30)(H,29,32)(H,33,34). The van der Waals surface area contributed by atoms with Crippen molar-refractivity contribution in [2.45, 2.75) is 58.7 Å². The van der Waals surface area contributed by atoms with Crippen molar-refractivity contribution >= 4 is 34.6 Å². The second-order valence-electron chi connectivity index (χ2n) is 9.21. The third-order valence-corrected chi connectivity index (χ3v) is 5.46. The summed E-state index contributed by atoms with van der Waals surface area (Å²) in [6.45, 7) is 6.78. The Morgan fingerprint density at radius 1 is 1.03 bits per heavy atom. The summed E-state index contributed by atoms with van der Waals surface area (Å²) in [6.07, 6.45) is 2.42. The number of aliphatic carboxylic acids is 1. The van der Waals surface area contributed by atoms with Crippen LogP contribution >= 0.6 is 0 Å². The highest BCUT2D eigenvalue weighted by molar-refractivity contribution is 5.93. The first kappa shape index (κ1) is 26.8. The molecule has 7 N–H and O–H groups in total. The van der Waals surface area contributed by atoms with E-state index in [0.717, 1.165) is 16.5 Å². The van der Waals surface area contributed by atoms with Gasteiger partial charge in [-0.25, -0.2) is 4.79 Å². The highest BCUT2D eigenvalue weighted by atomic mass is 16.4. The van der Waals surface area contributed by atoms with Gasteiger partial charge in [-0.05, 0) is 36.3 Å². The Morgan fingerprint density at radius 2 is 1.71 bits per heavy atom. The van der Waals surface area contributed by atoms with E-state index in [9.17, 15) is 24.3 Å². The van der Waals surface area contributed by atoms with Gasteiger partial charge in [0.15, 0.2) is 0 Å². The van der Waals surface area contributed by atoms with E-state index in [2.05, 4.69) is 20.9 Å². The molecule has 186 valence electrons. The van der Waals surface area contributed by atoms with Crippen molar-refractivity contribution in [3.63, 3.8) is 0 Å². The molecular weight excluding hydrogens is 438 g/mol. The molecule has 1 aromatic carbocycles. The number of aromatic amines is 1. The molecule has 0 saturated heterocycles. The molecule has 2 rings (SSSR count). The van der Waals surface area contributed by atoms with Crippen LogP contribution in [0.25, 0.3) is 10.9 Å². The smallest absolute Gasteiger partial charge is 0.326 e. The number of carboxylic acid groups (broad SMARTS) is 1. The number of rotatable bonds is 12. The minimum atomic E-state index is -1.14. The van der Waals surface area contributed by atoms with Crippen LogP contribution in [0.15, 0.2) is 30.5 Å². The maximum absolute atomic E-state index is 12.7. The molecule has 34 heavy (non-hydrogen) atoms. The summed E-state index contributed by atoms with van der Waals surface area (Å²) in [5, 5.41) is 17.9. The summed E-state index contributed by atoms with van der Waals surface area (Å²) >= 11 is 0. The van der Waals surface area contributed by atoms with Crippen LogP contribution in [0.3, 0.4) is 0 Å². The van der Waals surface area contributed by atoms with Crippen LogP contribution in [0.4, 0.5) is 0 Å². The first-order valence-corrected chi connectivity index (χ1v) is 11.4. The maximum Gasteiger partial charge on any atom is 0.326 e. The Balaban J connectivity index is 1.92. The van der Waals surface area contributed by atoms with E-state index in [1.807, 2.05) is 38.1 Å². The minimum absolute atomic E-state index is 0.0672. The Labute approximate surface area is 199 Å². The summed E-state index contributed by atoms with van der Waals surface area (Å²) in [7, 11) is 0. The molecule has 0 aliphatic heterocycles. The van der Waals surface area contributed by atoms with Gasteiger partial charge in [0.2, 0.25) is 17.7 Å². The summed E-state index contributed by atoms with van der Waals surface area (Å²) < 4.78 is 0. The largest absolute Gasteiger partial charge is 0.480 e. The number of fused-ring (bicyclic) bond motifs is 1. The van der Waals surface area contributed by atoms with Gasteiger partial charge in [0.05, 0.1) is 12.6 Å². The van der Waals surface area contributed by atoms with Gasteiger partial charge < -0.3 is 31.8 Å². The number of nitrogens with two attached hydrogens (primary N) is 1. The van der Waals surface area contributed by atoms with Crippen molar-refractivity contribution in [3.05, 3.63) is 36.0 Å². The van der Waals surface area contributed by atoms with E-state index in [1.54, 1.807) is 20.0 Å². The van der Waals surface area contributed by atoms with Gasteiger partial charge in [-0.2, -0.15) is 0 Å².